The fraction of sp³-hybridized carbons (Fsp3) is 0.333. The van der Waals surface area contributed by atoms with Crippen LogP contribution in [0.1, 0.15) is 11.1 Å². The number of halogens is 1. The van der Waals surface area contributed by atoms with Gasteiger partial charge in [-0.1, -0.05) is 24.3 Å². The Labute approximate surface area is 75.1 Å². The third-order valence-electron chi connectivity index (χ3n) is 1.93. The van der Waals surface area contributed by atoms with E-state index in [0.717, 1.165) is 13.0 Å². The van der Waals surface area contributed by atoms with Crippen molar-refractivity contribution < 1.29 is 4.11 Å². The minimum Gasteiger partial charge on any atom is -0.317 e. The molecular weight excluding hydrogens is 169 g/mol. The SMILES string of the molecule is Cc1ccccc1CCN[SiH2]F. The predicted molar refractivity (Wildman–Crippen MR) is 52.5 cm³/mol. The van der Waals surface area contributed by atoms with Gasteiger partial charge in [0.15, 0.2) is 0 Å². The van der Waals surface area contributed by atoms with Gasteiger partial charge in [0.05, 0.1) is 0 Å². The highest BCUT2D eigenvalue weighted by atomic mass is 28.3. The molecule has 0 aromatic heterocycles. The second-order valence-electron chi connectivity index (χ2n) is 2.81. The number of hydrogen-bond donors (Lipinski definition) is 1. The van der Waals surface area contributed by atoms with Gasteiger partial charge in [-0.3, -0.25) is 0 Å². The summed E-state index contributed by atoms with van der Waals surface area (Å²) in [4.78, 5) is 2.80. The van der Waals surface area contributed by atoms with Crippen molar-refractivity contribution in [3.05, 3.63) is 35.4 Å². The Morgan fingerprint density at radius 2 is 2.17 bits per heavy atom. The highest BCUT2D eigenvalue weighted by Crippen LogP contribution is 2.06. The van der Waals surface area contributed by atoms with Crippen LogP contribution >= 0.6 is 0 Å². The van der Waals surface area contributed by atoms with Crippen molar-refractivity contribution in [2.45, 2.75) is 13.3 Å². The summed E-state index contributed by atoms with van der Waals surface area (Å²) >= 11 is 0. The molecule has 0 aliphatic carbocycles. The van der Waals surface area contributed by atoms with Gasteiger partial charge in [0, 0.05) is 0 Å². The van der Waals surface area contributed by atoms with Gasteiger partial charge in [0.25, 0.3) is 10.0 Å². The summed E-state index contributed by atoms with van der Waals surface area (Å²) in [6.07, 6.45) is 0.934. The van der Waals surface area contributed by atoms with Crippen molar-refractivity contribution in [2.75, 3.05) is 6.54 Å². The van der Waals surface area contributed by atoms with Crippen molar-refractivity contribution in [2.24, 2.45) is 0 Å². The van der Waals surface area contributed by atoms with Crippen molar-refractivity contribution in [3.8, 4) is 0 Å². The standard InChI is InChI=1S/C9H14FNSi/c1-8-4-2-3-5-9(8)6-7-11-12-10/h2-5,11H,6-7,12H2,1H3. The van der Waals surface area contributed by atoms with Gasteiger partial charge in [-0.25, -0.2) is 0 Å². The number of rotatable bonds is 4. The lowest BCUT2D eigenvalue weighted by atomic mass is 10.1. The maximum atomic E-state index is 11.8. The molecule has 0 atom stereocenters. The zero-order valence-corrected chi connectivity index (χ0v) is 8.72. The molecule has 0 saturated carbocycles. The largest absolute Gasteiger partial charge is 0.317 e. The van der Waals surface area contributed by atoms with Gasteiger partial charge in [-0.15, -0.1) is 0 Å². The van der Waals surface area contributed by atoms with Gasteiger partial charge < -0.3 is 9.09 Å². The van der Waals surface area contributed by atoms with Crippen LogP contribution < -0.4 is 4.98 Å². The molecule has 0 heterocycles. The molecule has 66 valence electrons. The molecule has 1 aromatic rings. The molecule has 0 radical (unpaired) electrons. The summed E-state index contributed by atoms with van der Waals surface area (Å²) in [5.74, 6) is 0. The van der Waals surface area contributed by atoms with Crippen LogP contribution in [0, 0.1) is 6.92 Å². The zero-order chi connectivity index (χ0) is 8.81. The van der Waals surface area contributed by atoms with Gasteiger partial charge in [0.1, 0.15) is 0 Å². The Bertz CT molecular complexity index is 240. The Morgan fingerprint density at radius 3 is 2.83 bits per heavy atom. The molecule has 1 rings (SSSR count). The summed E-state index contributed by atoms with van der Waals surface area (Å²) in [5.41, 5.74) is 2.60. The molecule has 0 unspecified atom stereocenters. The molecule has 0 spiro atoms. The Balaban J connectivity index is 2.46. The molecule has 0 amide bonds. The molecule has 0 bridgehead atoms. The van der Waals surface area contributed by atoms with Crippen molar-refractivity contribution in [1.29, 1.82) is 0 Å². The average Bonchev–Trinajstić information content (AvgIpc) is 2.09. The minimum absolute atomic E-state index is 0.771. The van der Waals surface area contributed by atoms with E-state index in [4.69, 9.17) is 0 Å². The number of nitrogens with one attached hydrogen (secondary N) is 1. The maximum Gasteiger partial charge on any atom is 0.289 e. The fourth-order valence-electron chi connectivity index (χ4n) is 1.18. The third kappa shape index (κ3) is 2.75. The number of aryl methyl sites for hydroxylation is 1. The van der Waals surface area contributed by atoms with E-state index in [9.17, 15) is 4.11 Å². The minimum atomic E-state index is -1.46. The molecule has 3 heteroatoms. The first-order chi connectivity index (χ1) is 5.84. The van der Waals surface area contributed by atoms with Gasteiger partial charge in [-0.05, 0) is 31.0 Å². The van der Waals surface area contributed by atoms with E-state index in [1.807, 2.05) is 12.1 Å². The summed E-state index contributed by atoms with van der Waals surface area (Å²) in [6.45, 7) is 2.86. The van der Waals surface area contributed by atoms with E-state index in [2.05, 4.69) is 24.0 Å². The normalized spacial score (nSPS) is 11.2. The zero-order valence-electron chi connectivity index (χ0n) is 7.31. The highest BCUT2D eigenvalue weighted by molar-refractivity contribution is 6.22. The first-order valence-corrected chi connectivity index (χ1v) is 5.40. The van der Waals surface area contributed by atoms with Crippen LogP contribution in [0.3, 0.4) is 0 Å². The van der Waals surface area contributed by atoms with Gasteiger partial charge in [0.2, 0.25) is 0 Å². The monoisotopic (exact) mass is 183 g/mol. The summed E-state index contributed by atoms with van der Waals surface area (Å²) in [7, 11) is -1.46. The Morgan fingerprint density at radius 1 is 1.42 bits per heavy atom. The Hall–Kier alpha value is -0.673. The Kier molecular flexibility index (Phi) is 3.97. The second-order valence-corrected chi connectivity index (χ2v) is 3.58. The van der Waals surface area contributed by atoms with Crippen LogP contribution in [-0.2, 0) is 6.42 Å². The lowest BCUT2D eigenvalue weighted by molar-refractivity contribution is 0.782. The van der Waals surface area contributed by atoms with E-state index in [1.165, 1.54) is 11.1 Å². The van der Waals surface area contributed by atoms with E-state index in [1.54, 1.807) is 0 Å². The van der Waals surface area contributed by atoms with E-state index in [-0.39, 0.29) is 0 Å². The third-order valence-corrected chi connectivity index (χ3v) is 2.47. The molecule has 0 aliphatic heterocycles. The van der Waals surface area contributed by atoms with Crippen molar-refractivity contribution in [1.82, 2.24) is 4.98 Å². The van der Waals surface area contributed by atoms with Crippen molar-refractivity contribution in [3.63, 3.8) is 0 Å². The number of benzene rings is 1. The average molecular weight is 183 g/mol. The molecule has 12 heavy (non-hydrogen) atoms. The molecule has 0 saturated heterocycles. The molecule has 1 aromatic carbocycles. The van der Waals surface area contributed by atoms with Gasteiger partial charge in [-0.2, -0.15) is 0 Å². The second kappa shape index (κ2) is 5.06. The number of hydrogen-bond acceptors (Lipinski definition) is 1. The van der Waals surface area contributed by atoms with Crippen LogP contribution in [0.4, 0.5) is 4.11 Å². The lowest BCUT2D eigenvalue weighted by Crippen LogP contribution is -2.18. The maximum absolute atomic E-state index is 11.8. The summed E-state index contributed by atoms with van der Waals surface area (Å²) in [6, 6.07) is 8.23. The van der Waals surface area contributed by atoms with Crippen LogP contribution in [0.25, 0.3) is 0 Å². The predicted octanol–water partition coefficient (Wildman–Crippen LogP) is 1.10. The molecule has 1 N–H and O–H groups in total. The summed E-state index contributed by atoms with van der Waals surface area (Å²) < 4.78 is 11.8. The van der Waals surface area contributed by atoms with E-state index in [0.29, 0.717) is 0 Å². The topological polar surface area (TPSA) is 12.0 Å². The lowest BCUT2D eigenvalue weighted by Gasteiger charge is -2.04. The quantitative estimate of drug-likeness (QED) is 0.419. The van der Waals surface area contributed by atoms with Gasteiger partial charge >= 0.3 is 0 Å². The van der Waals surface area contributed by atoms with Crippen LogP contribution in [0.2, 0.25) is 0 Å². The molecule has 1 nitrogen and oxygen atoms in total. The molecule has 0 fully saturated rings. The highest BCUT2D eigenvalue weighted by Gasteiger charge is 1.95. The summed E-state index contributed by atoms with van der Waals surface area (Å²) in [5, 5.41) is 0. The molecular formula is C9H14FNSi. The smallest absolute Gasteiger partial charge is 0.289 e. The van der Waals surface area contributed by atoms with Crippen LogP contribution in [0.15, 0.2) is 24.3 Å². The first-order valence-electron chi connectivity index (χ1n) is 4.16. The fourth-order valence-corrected chi connectivity index (χ4v) is 1.49. The van der Waals surface area contributed by atoms with Crippen LogP contribution in [0.5, 0.6) is 0 Å². The van der Waals surface area contributed by atoms with Crippen LogP contribution in [-0.4, -0.2) is 16.6 Å². The van der Waals surface area contributed by atoms with E-state index < -0.39 is 10.0 Å². The van der Waals surface area contributed by atoms with Crippen molar-refractivity contribution >= 4 is 10.0 Å². The van der Waals surface area contributed by atoms with E-state index >= 15 is 0 Å². The molecule has 0 aliphatic rings. The first kappa shape index (κ1) is 9.42.